The quantitative estimate of drug-likeness (QED) is 0.0282. The molecule has 0 radical (unpaired) electrons. The molecule has 0 spiro atoms. The number of aromatic nitrogens is 4. The third kappa shape index (κ3) is 33.2. The zero-order valence-corrected chi connectivity index (χ0v) is 61.8. The number of likely N-dealkylation sites (tertiary alicyclic amines) is 1. The summed E-state index contributed by atoms with van der Waals surface area (Å²) in [7, 11) is 0. The molecule has 0 bridgehead atoms. The lowest BCUT2D eigenvalue weighted by molar-refractivity contribution is -0.141. The minimum absolute atomic E-state index is 0.0777. The summed E-state index contributed by atoms with van der Waals surface area (Å²) < 4.78 is 8.47. The van der Waals surface area contributed by atoms with Crippen molar-refractivity contribution in [3.8, 4) is 11.8 Å². The highest BCUT2D eigenvalue weighted by Crippen LogP contribution is 2.24. The number of hydrogen-bond acceptors (Lipinski definition) is 21. The molecule has 107 heavy (non-hydrogen) atoms. The summed E-state index contributed by atoms with van der Waals surface area (Å²) in [6.45, 7) is 2.61. The molecule has 2 aromatic heterocycles. The van der Waals surface area contributed by atoms with Crippen molar-refractivity contribution in [3.63, 3.8) is 0 Å². The molecule has 0 unspecified atom stereocenters. The zero-order chi connectivity index (χ0) is 77.5. The molecule has 0 aliphatic carbocycles. The van der Waals surface area contributed by atoms with Crippen molar-refractivity contribution in [1.82, 2.24) is 81.3 Å². The Bertz CT molecular complexity index is 3620. The van der Waals surface area contributed by atoms with Gasteiger partial charge in [0.15, 0.2) is 0 Å². The van der Waals surface area contributed by atoms with E-state index in [-0.39, 0.29) is 148 Å². The van der Waals surface area contributed by atoms with Crippen LogP contribution >= 0.6 is 15.9 Å². The summed E-state index contributed by atoms with van der Waals surface area (Å²) in [5.74, 6) is -7.38. The molecule has 584 valence electrons. The highest BCUT2D eigenvalue weighted by atomic mass is 79.9. The Labute approximate surface area is 628 Å². The monoisotopic (exact) mass is 1560 g/mol. The maximum atomic E-state index is 14.1. The van der Waals surface area contributed by atoms with Crippen LogP contribution in [0.5, 0.6) is 5.75 Å². The van der Waals surface area contributed by atoms with Gasteiger partial charge >= 0.3 is 35.9 Å². The number of carbonyl (C=O) groups excluding carboxylic acids is 7. The Morgan fingerprint density at radius 2 is 1.26 bits per heavy atom. The summed E-state index contributed by atoms with van der Waals surface area (Å²) in [5.41, 5.74) is 2.35. The number of rotatable bonds is 45. The lowest BCUT2D eigenvalue weighted by Gasteiger charge is -2.33. The number of benzene rings is 2. The van der Waals surface area contributed by atoms with Crippen LogP contribution in [-0.2, 0) is 67.5 Å². The largest absolute Gasteiger partial charge is 0.494 e. The number of unbranched alkanes of at least 4 members (excludes halogenated alkanes) is 5. The highest BCUT2D eigenvalue weighted by Gasteiger charge is 2.30. The van der Waals surface area contributed by atoms with E-state index in [1.54, 1.807) is 59.6 Å². The maximum absolute atomic E-state index is 14.1. The van der Waals surface area contributed by atoms with E-state index in [1.807, 2.05) is 24.3 Å². The van der Waals surface area contributed by atoms with E-state index in [4.69, 9.17) is 9.84 Å². The SMILES string of the molecule is N#C[C@@H]1CCCN1C(=O)CNC(=O)c1ccnc2ccc(OCCCNC(=O)CCc3cn(CCCC[C@H](NC(=O)CN4CCN(CC(=O)O)CCN(CC(=O)O)CCN(CC(=O)O)CC4)C(=O)NCCCCCC(=O)N(CCCCCNC(=O)N[C@@H](CCC(=O)O)C(=O)O)Cc4ccc(Br)cc4)nn3)cc12. The van der Waals surface area contributed by atoms with Crippen LogP contribution in [0.1, 0.15) is 124 Å². The van der Waals surface area contributed by atoms with E-state index in [0.29, 0.717) is 131 Å². The van der Waals surface area contributed by atoms with Crippen molar-refractivity contribution in [3.05, 3.63) is 82.2 Å². The van der Waals surface area contributed by atoms with Crippen molar-refractivity contribution in [2.75, 3.05) is 124 Å². The first-order valence-corrected chi connectivity index (χ1v) is 37.0. The Morgan fingerprint density at radius 1 is 0.626 bits per heavy atom. The summed E-state index contributed by atoms with van der Waals surface area (Å²) in [5, 5.41) is 82.1. The molecular formula is C71H100BrN17O18. The Morgan fingerprint density at radius 3 is 1.90 bits per heavy atom. The number of fused-ring (bicyclic) bond motifs is 1. The lowest BCUT2D eigenvalue weighted by Crippen LogP contribution is -2.52. The van der Waals surface area contributed by atoms with E-state index >= 15 is 0 Å². The minimum Gasteiger partial charge on any atom is -0.494 e. The second kappa shape index (κ2) is 46.9. The van der Waals surface area contributed by atoms with Gasteiger partial charge in [-0.05, 0) is 119 Å². The van der Waals surface area contributed by atoms with Gasteiger partial charge in [0.25, 0.3) is 5.91 Å². The van der Waals surface area contributed by atoms with Crippen molar-refractivity contribution >= 4 is 98.2 Å². The Kier molecular flexibility index (Phi) is 37.7. The van der Waals surface area contributed by atoms with Crippen LogP contribution in [0.15, 0.2) is 65.4 Å². The molecule has 2 saturated heterocycles. The standard InChI is InChI=1S/C71H100BrN17O18/c72-51-16-14-50(15-17-51)44-87(29-7-2-6-26-77-71(106)80-59(70(104)105)21-23-64(94)95)62(92)13-3-1-5-25-76-69(103)58(79-61(91)46-83-32-34-84(47-65(96)97)36-38-86(49-67(100)101)39-37-85(35-33-83)48-66(98)99)12-4-8-30-88-45-52(81-82-88)18-22-60(90)75-27-10-40-107-54-19-20-57-56(41-54)55(24-28-74-57)68(102)78-43-63(93)89-31-9-11-53(89)42-73/h14-17,19-20,24,28,41,45,53,58-59H,1-13,18,21-23,25-27,29-40,43-44,46-49H2,(H,75,90)(H,76,103)(H,78,102)(H,79,91)(H,94,95)(H,96,97)(H,98,99)(H,100,101)(H,104,105)(H2,77,80,106)/t53-,58-,59-/m0/s1. The molecule has 2 aliphatic rings. The van der Waals surface area contributed by atoms with E-state index in [1.165, 1.54) is 11.1 Å². The molecule has 4 heterocycles. The van der Waals surface area contributed by atoms with E-state index in [0.717, 1.165) is 16.5 Å². The molecule has 8 amide bonds. The van der Waals surface area contributed by atoms with E-state index in [9.17, 15) is 83.2 Å². The number of amides is 8. The fraction of sp³-hybridized carbons (Fsp3) is 0.577. The van der Waals surface area contributed by atoms with Gasteiger partial charge in [0.1, 0.15) is 23.9 Å². The number of aliphatic carboxylic acids is 5. The fourth-order valence-corrected chi connectivity index (χ4v) is 12.4. The van der Waals surface area contributed by atoms with Crippen LogP contribution in [-0.4, -0.2) is 289 Å². The predicted molar refractivity (Wildman–Crippen MR) is 390 cm³/mol. The number of urea groups is 1. The molecule has 6 rings (SSSR count). The third-order valence-electron chi connectivity index (χ3n) is 18.0. The van der Waals surface area contributed by atoms with Crippen LogP contribution in [0.25, 0.3) is 10.9 Å². The molecule has 2 aromatic carbocycles. The van der Waals surface area contributed by atoms with Crippen LogP contribution in [0.4, 0.5) is 4.79 Å². The number of nitrogens with zero attached hydrogens (tertiary/aromatic N) is 11. The van der Waals surface area contributed by atoms with Gasteiger partial charge in [-0.2, -0.15) is 5.26 Å². The van der Waals surface area contributed by atoms with Crippen LogP contribution in [0, 0.1) is 11.3 Å². The summed E-state index contributed by atoms with van der Waals surface area (Å²) in [4.78, 5) is 166. The molecule has 4 aromatic rings. The fourth-order valence-electron chi connectivity index (χ4n) is 12.2. The van der Waals surface area contributed by atoms with Crippen molar-refractivity contribution in [2.45, 2.75) is 140 Å². The number of hydrogen-bond donors (Lipinski definition) is 11. The second-order valence-electron chi connectivity index (χ2n) is 26.3. The van der Waals surface area contributed by atoms with Gasteiger partial charge in [-0.25, -0.2) is 9.59 Å². The normalized spacial score (nSPS) is 15.3. The summed E-state index contributed by atoms with van der Waals surface area (Å²) in [6, 6.07) is 12.8. The van der Waals surface area contributed by atoms with Crippen molar-refractivity contribution < 1.29 is 87.8 Å². The van der Waals surface area contributed by atoms with E-state index in [2.05, 4.69) is 69.2 Å². The maximum Gasteiger partial charge on any atom is 0.326 e. The second-order valence-corrected chi connectivity index (χ2v) is 27.3. The van der Waals surface area contributed by atoms with Crippen LogP contribution < -0.4 is 36.6 Å². The molecule has 3 atom stereocenters. The highest BCUT2D eigenvalue weighted by molar-refractivity contribution is 9.10. The third-order valence-corrected chi connectivity index (χ3v) is 18.5. The molecular weight excluding hydrogens is 1460 g/mol. The van der Waals surface area contributed by atoms with Gasteiger partial charge in [0.05, 0.1) is 62.2 Å². The predicted octanol–water partition coefficient (Wildman–Crippen LogP) is 1.97. The molecule has 11 N–H and O–H groups in total. The van der Waals surface area contributed by atoms with Gasteiger partial charge in [0.2, 0.25) is 29.5 Å². The number of nitrogens with one attached hydrogen (secondary N) is 6. The summed E-state index contributed by atoms with van der Waals surface area (Å²) >= 11 is 3.45. The Hall–Kier alpha value is -9.96. The van der Waals surface area contributed by atoms with Gasteiger partial charge in [-0.15, -0.1) is 5.10 Å². The minimum atomic E-state index is -1.36. The van der Waals surface area contributed by atoms with Gasteiger partial charge in [-0.1, -0.05) is 39.7 Å². The van der Waals surface area contributed by atoms with Gasteiger partial charge in [-0.3, -0.25) is 77.2 Å². The number of carbonyl (C=O) groups is 12. The topological polar surface area (TPSA) is 474 Å². The smallest absolute Gasteiger partial charge is 0.326 e. The first kappa shape index (κ1) is 86.0. The summed E-state index contributed by atoms with van der Waals surface area (Å²) in [6.07, 6.45) is 9.50. The number of ether oxygens (including phenoxy) is 1. The number of aryl methyl sites for hydroxylation is 2. The van der Waals surface area contributed by atoms with Gasteiger partial charge in [0, 0.05) is 146 Å². The van der Waals surface area contributed by atoms with Crippen LogP contribution in [0.2, 0.25) is 0 Å². The zero-order valence-electron chi connectivity index (χ0n) is 60.2. The molecule has 35 nitrogen and oxygen atoms in total. The average molecular weight is 1560 g/mol. The number of carboxylic acids is 5. The molecule has 2 aliphatic heterocycles. The molecule has 36 heteroatoms. The Balaban J connectivity index is 0.987. The number of halogens is 1. The average Bonchev–Trinajstić information content (AvgIpc) is 1.77. The van der Waals surface area contributed by atoms with E-state index < -0.39 is 78.1 Å². The number of pyridine rings is 1. The first-order valence-electron chi connectivity index (χ1n) is 36.2. The van der Waals surface area contributed by atoms with Crippen LogP contribution in [0.3, 0.4) is 0 Å². The molecule has 0 saturated carbocycles. The number of carboxylic acid groups (broad SMARTS) is 5. The number of nitriles is 1. The van der Waals surface area contributed by atoms with Crippen molar-refractivity contribution in [2.24, 2.45) is 0 Å². The first-order chi connectivity index (χ1) is 51.4. The molecule has 2 fully saturated rings. The lowest BCUT2D eigenvalue weighted by atomic mass is 10.1. The van der Waals surface area contributed by atoms with Gasteiger partial charge < -0.3 is 72.0 Å². The van der Waals surface area contributed by atoms with Crippen molar-refractivity contribution in [1.29, 1.82) is 5.26 Å².